The Morgan fingerprint density at radius 3 is 1.51 bits per heavy atom. The molecule has 220 valence electrons. The third-order valence-electron chi connectivity index (χ3n) is 9.38. The minimum atomic E-state index is -1.53. The smallest absolute Gasteiger partial charge is 0.323 e. The molecular weight excluding hydrogens is 491 g/mol. The van der Waals surface area contributed by atoms with E-state index in [1.54, 1.807) is 0 Å². The summed E-state index contributed by atoms with van der Waals surface area (Å²) in [5.41, 5.74) is 9.11. The predicted molar refractivity (Wildman–Crippen MR) is 166 cm³/mol. The van der Waals surface area contributed by atoms with Crippen molar-refractivity contribution in [2.24, 2.45) is 23.5 Å². The summed E-state index contributed by atoms with van der Waals surface area (Å²) < 4.78 is 12.6. The molecule has 0 radical (unpaired) electrons. The molecule has 2 atom stereocenters. The topological polar surface area (TPSA) is 61.5 Å². The molecule has 0 saturated heterocycles. The molecule has 4 nitrogen and oxygen atoms in total. The van der Waals surface area contributed by atoms with Crippen LogP contribution in [0.3, 0.4) is 0 Å². The molecule has 2 N–H and O–H groups in total. The number of nitrogens with two attached hydrogens (primary N) is 1. The van der Waals surface area contributed by atoms with E-state index in [2.05, 4.69) is 62.3 Å². The van der Waals surface area contributed by atoms with Crippen LogP contribution in [-0.4, -0.2) is 36.2 Å². The van der Waals surface area contributed by atoms with Crippen LogP contribution >= 0.6 is 0 Å². The van der Waals surface area contributed by atoms with Crippen LogP contribution in [0.2, 0.25) is 22.2 Å². The average Bonchev–Trinajstić information content (AvgIpc) is 2.87. The van der Waals surface area contributed by atoms with Gasteiger partial charge >= 0.3 is 5.97 Å². The van der Waals surface area contributed by atoms with E-state index in [4.69, 9.17) is 14.6 Å². The van der Waals surface area contributed by atoms with Crippen molar-refractivity contribution in [2.45, 2.75) is 174 Å². The van der Waals surface area contributed by atoms with Gasteiger partial charge in [0.05, 0.1) is 0 Å². The Balaban J connectivity index is 0.000000401. The summed E-state index contributed by atoms with van der Waals surface area (Å²) in [5.74, 6) is 1.19. The Morgan fingerprint density at radius 2 is 1.19 bits per heavy atom. The SMILES string of the molecule is CC(C)[SiH2]O[Si](C(C)C)(C(C)C)C(C)C.CCC(C)C(N)C(=O)OC(C1CCCCC1)C1CCCCC1. The fourth-order valence-corrected chi connectivity index (χ4v) is 17.5. The third-order valence-corrected chi connectivity index (χ3v) is 18.1. The number of ether oxygens (including phenoxy) is 1. The number of hydrogen-bond acceptors (Lipinski definition) is 4. The lowest BCUT2D eigenvalue weighted by atomic mass is 9.75. The summed E-state index contributed by atoms with van der Waals surface area (Å²) in [7, 11) is -1.85. The highest BCUT2D eigenvalue weighted by atomic mass is 28.4. The molecule has 0 amide bonds. The Morgan fingerprint density at radius 1 is 0.784 bits per heavy atom. The molecule has 0 aromatic heterocycles. The van der Waals surface area contributed by atoms with E-state index in [0.717, 1.165) is 28.6 Å². The first kappa shape index (κ1) is 34.9. The van der Waals surface area contributed by atoms with E-state index in [9.17, 15) is 4.79 Å². The summed E-state index contributed by atoms with van der Waals surface area (Å²) in [6.45, 7) is 22.9. The first-order chi connectivity index (χ1) is 17.4. The number of carbonyl (C=O) groups is 1. The maximum absolute atomic E-state index is 12.5. The van der Waals surface area contributed by atoms with Crippen molar-refractivity contribution in [3.05, 3.63) is 0 Å². The van der Waals surface area contributed by atoms with Crippen LogP contribution in [0.1, 0.15) is 140 Å². The Kier molecular flexibility index (Phi) is 16.5. The maximum atomic E-state index is 12.5. The average molecular weight is 556 g/mol. The highest BCUT2D eigenvalue weighted by molar-refractivity contribution is 6.81. The van der Waals surface area contributed by atoms with Gasteiger partial charge in [-0.05, 0) is 65.6 Å². The monoisotopic (exact) mass is 555 g/mol. The molecule has 0 aromatic rings. The molecule has 2 fully saturated rings. The molecule has 2 saturated carbocycles. The van der Waals surface area contributed by atoms with Gasteiger partial charge in [-0.1, -0.05) is 114 Å². The van der Waals surface area contributed by atoms with Gasteiger partial charge in [0.2, 0.25) is 0 Å². The van der Waals surface area contributed by atoms with E-state index in [1.807, 2.05) is 6.92 Å². The van der Waals surface area contributed by atoms with Gasteiger partial charge in [0.15, 0.2) is 8.32 Å². The van der Waals surface area contributed by atoms with Crippen molar-refractivity contribution in [1.29, 1.82) is 0 Å². The molecule has 0 aromatic carbocycles. The molecular formula is C31H65NO3Si2. The summed E-state index contributed by atoms with van der Waals surface area (Å²) >= 11 is 0. The quantitative estimate of drug-likeness (QED) is 0.194. The standard InChI is InChI=1S/C19H35NO2.C12H30OSi2/c1-3-14(2)17(20)19(21)22-18(15-10-6-4-7-11-15)16-12-8-5-9-13-16;1-9(2)14-13-15(10(3)4,11(5)6)12(7)8/h14-18H,3-13,20H2,1-2H3;9-12H,14H2,1-8H3. The highest BCUT2D eigenvalue weighted by Crippen LogP contribution is 2.42. The third kappa shape index (κ3) is 10.7. The summed E-state index contributed by atoms with van der Waals surface area (Å²) in [6, 6.07) is -0.459. The van der Waals surface area contributed by atoms with Gasteiger partial charge in [-0.2, -0.15) is 0 Å². The molecule has 0 aliphatic heterocycles. The van der Waals surface area contributed by atoms with Gasteiger partial charge < -0.3 is 14.6 Å². The van der Waals surface area contributed by atoms with Crippen LogP contribution in [0.5, 0.6) is 0 Å². The van der Waals surface area contributed by atoms with E-state index in [0.29, 0.717) is 11.8 Å². The second-order valence-electron chi connectivity index (χ2n) is 13.6. The van der Waals surface area contributed by atoms with E-state index in [1.165, 1.54) is 64.2 Å². The number of esters is 1. The molecule has 2 aliphatic rings. The second-order valence-corrected chi connectivity index (χ2v) is 21.9. The van der Waals surface area contributed by atoms with Crippen LogP contribution in [0.25, 0.3) is 0 Å². The predicted octanol–water partition coefficient (Wildman–Crippen LogP) is 8.52. The summed E-state index contributed by atoms with van der Waals surface area (Å²) in [4.78, 5) is 12.5. The fourth-order valence-electron chi connectivity index (χ4n) is 7.01. The molecule has 6 heteroatoms. The van der Waals surface area contributed by atoms with Crippen LogP contribution in [-0.2, 0) is 13.6 Å². The van der Waals surface area contributed by atoms with Gasteiger partial charge in [0.1, 0.15) is 21.9 Å². The lowest BCUT2D eigenvalue weighted by Gasteiger charge is -2.43. The van der Waals surface area contributed by atoms with Crippen LogP contribution in [0.4, 0.5) is 0 Å². The first-order valence-corrected chi connectivity index (χ1v) is 19.5. The van der Waals surface area contributed by atoms with Crippen LogP contribution in [0.15, 0.2) is 0 Å². The van der Waals surface area contributed by atoms with Gasteiger partial charge in [0, 0.05) is 0 Å². The van der Waals surface area contributed by atoms with Crippen molar-refractivity contribution in [3.8, 4) is 0 Å². The Labute approximate surface area is 235 Å². The van der Waals surface area contributed by atoms with Crippen molar-refractivity contribution < 1.29 is 13.6 Å². The molecule has 0 heterocycles. The highest BCUT2D eigenvalue weighted by Gasteiger charge is 2.44. The van der Waals surface area contributed by atoms with Gasteiger partial charge in [-0.3, -0.25) is 4.79 Å². The largest absolute Gasteiger partial charge is 0.461 e. The van der Waals surface area contributed by atoms with E-state index in [-0.39, 0.29) is 27.8 Å². The Hall–Kier alpha value is -0.176. The molecule has 2 unspecified atom stereocenters. The second kappa shape index (κ2) is 17.5. The molecule has 0 spiro atoms. The van der Waals surface area contributed by atoms with Crippen molar-refractivity contribution in [3.63, 3.8) is 0 Å². The van der Waals surface area contributed by atoms with E-state index >= 15 is 0 Å². The van der Waals surface area contributed by atoms with Gasteiger partial charge in [0.25, 0.3) is 0 Å². The summed E-state index contributed by atoms with van der Waals surface area (Å²) in [6.07, 6.45) is 13.8. The van der Waals surface area contributed by atoms with Crippen molar-refractivity contribution in [1.82, 2.24) is 0 Å². The lowest BCUT2D eigenvalue weighted by molar-refractivity contribution is -0.160. The fraction of sp³-hybridized carbons (Fsp3) is 0.968. The zero-order valence-electron chi connectivity index (χ0n) is 26.5. The maximum Gasteiger partial charge on any atom is 0.323 e. The molecule has 2 aliphatic carbocycles. The normalized spacial score (nSPS) is 20.2. The number of hydrogen-bond donors (Lipinski definition) is 1. The Bertz CT molecular complexity index is 574. The zero-order valence-corrected chi connectivity index (χ0v) is 28.9. The van der Waals surface area contributed by atoms with Crippen LogP contribution in [0, 0.1) is 17.8 Å². The zero-order chi connectivity index (χ0) is 28.2. The van der Waals surface area contributed by atoms with Crippen molar-refractivity contribution in [2.75, 3.05) is 0 Å². The number of rotatable bonds is 12. The molecule has 37 heavy (non-hydrogen) atoms. The number of carbonyl (C=O) groups excluding carboxylic acids is 1. The summed E-state index contributed by atoms with van der Waals surface area (Å²) in [5, 5.41) is 0. The first-order valence-electron chi connectivity index (χ1n) is 16.0. The minimum absolute atomic E-state index is 0.128. The van der Waals surface area contributed by atoms with E-state index < -0.39 is 14.4 Å². The minimum Gasteiger partial charge on any atom is -0.461 e. The molecule has 0 bridgehead atoms. The van der Waals surface area contributed by atoms with Crippen molar-refractivity contribution >= 4 is 24.0 Å². The lowest BCUT2D eigenvalue weighted by Crippen LogP contribution is -2.48. The van der Waals surface area contributed by atoms with Gasteiger partial charge in [-0.25, -0.2) is 0 Å². The van der Waals surface area contributed by atoms with Gasteiger partial charge in [-0.15, -0.1) is 0 Å². The van der Waals surface area contributed by atoms with Crippen LogP contribution < -0.4 is 5.73 Å². The molecule has 2 rings (SSSR count).